The van der Waals surface area contributed by atoms with Gasteiger partial charge in [0.2, 0.25) is 0 Å². The van der Waals surface area contributed by atoms with E-state index in [1.54, 1.807) is 4.40 Å². The lowest BCUT2D eigenvalue weighted by Crippen LogP contribution is -1.95. The lowest BCUT2D eigenvalue weighted by atomic mass is 9.98. The Labute approximate surface area is 145 Å². The number of pyridine rings is 1. The van der Waals surface area contributed by atoms with Crippen LogP contribution in [0.15, 0.2) is 42.7 Å². The van der Waals surface area contributed by atoms with Gasteiger partial charge in [0.1, 0.15) is 11.3 Å². The molecule has 3 heterocycles. The molecule has 1 aromatic carbocycles. The molecular weight excluding hydrogens is 312 g/mol. The molecule has 0 saturated heterocycles. The van der Waals surface area contributed by atoms with Crippen molar-refractivity contribution in [3.8, 4) is 11.1 Å². The predicted octanol–water partition coefficient (Wildman–Crippen LogP) is 4.36. The van der Waals surface area contributed by atoms with Crippen molar-refractivity contribution in [3.63, 3.8) is 0 Å². The third-order valence-electron chi connectivity index (χ3n) is 4.38. The number of imidazole rings is 1. The first kappa shape index (κ1) is 15.4. The molecule has 5 rings (SSSR count). The van der Waals surface area contributed by atoms with E-state index in [0.29, 0.717) is 11.3 Å². The van der Waals surface area contributed by atoms with Crippen LogP contribution in [0.25, 0.3) is 27.7 Å². The number of nitrogens with zero attached hydrogens (tertiary/aromatic N) is 2. The highest BCUT2D eigenvalue weighted by atomic mass is 16.1. The molecule has 0 bridgehead atoms. The minimum absolute atomic E-state index is 0.253. The van der Waals surface area contributed by atoms with E-state index in [2.05, 4.69) is 35.1 Å². The van der Waals surface area contributed by atoms with Crippen molar-refractivity contribution in [2.24, 2.45) is 0 Å². The number of nitrogens with one attached hydrogen (secondary N) is 1. The fourth-order valence-corrected chi connectivity index (χ4v) is 2.97. The van der Waals surface area contributed by atoms with E-state index in [1.807, 2.05) is 24.5 Å². The number of nitrogens with two attached hydrogens (primary N) is 1. The van der Waals surface area contributed by atoms with Crippen LogP contribution in [-0.2, 0) is 0 Å². The van der Waals surface area contributed by atoms with Crippen molar-refractivity contribution >= 4 is 28.7 Å². The van der Waals surface area contributed by atoms with Gasteiger partial charge in [-0.1, -0.05) is 25.3 Å². The third kappa shape index (κ3) is 2.78. The number of hydrogen-bond acceptors (Lipinski definition) is 3. The van der Waals surface area contributed by atoms with Crippen molar-refractivity contribution in [2.75, 3.05) is 5.73 Å². The summed E-state index contributed by atoms with van der Waals surface area (Å²) in [7, 11) is 0. The Morgan fingerprint density at radius 3 is 2.68 bits per heavy atom. The number of hydrogen-bond donors (Lipinski definition) is 2. The molecule has 4 aromatic rings. The first-order valence-corrected chi connectivity index (χ1v) is 8.49. The van der Waals surface area contributed by atoms with E-state index in [4.69, 9.17) is 5.73 Å². The molecule has 0 amide bonds. The molecule has 3 N–H and O–H groups in total. The van der Waals surface area contributed by atoms with Crippen LogP contribution in [0.5, 0.6) is 0 Å². The second-order valence-electron chi connectivity index (χ2n) is 6.40. The van der Waals surface area contributed by atoms with Gasteiger partial charge in [0.25, 0.3) is 0 Å². The molecule has 1 aliphatic carbocycles. The highest BCUT2D eigenvalue weighted by Gasteiger charge is 2.12. The largest absolute Gasteiger partial charge is 0.382 e. The van der Waals surface area contributed by atoms with Crippen molar-refractivity contribution in [3.05, 3.63) is 54.0 Å². The zero-order chi connectivity index (χ0) is 17.4. The van der Waals surface area contributed by atoms with Crippen LogP contribution < -0.4 is 5.73 Å². The number of aldehydes is 1. The van der Waals surface area contributed by atoms with Gasteiger partial charge < -0.3 is 10.7 Å². The smallest absolute Gasteiger partial charge is 0.170 e. The number of aromatic nitrogens is 3. The fourth-order valence-electron chi connectivity index (χ4n) is 2.97. The monoisotopic (exact) mass is 332 g/mol. The number of aromatic amines is 1. The highest BCUT2D eigenvalue weighted by molar-refractivity contribution is 5.97. The number of carbonyl (C=O) groups excluding carboxylic acids is 1. The van der Waals surface area contributed by atoms with Gasteiger partial charge in [0, 0.05) is 23.3 Å². The third-order valence-corrected chi connectivity index (χ3v) is 4.38. The summed E-state index contributed by atoms with van der Waals surface area (Å²) in [4.78, 5) is 18.7. The molecule has 1 saturated carbocycles. The normalized spacial score (nSPS) is 12.8. The summed E-state index contributed by atoms with van der Waals surface area (Å²) in [6, 6.07) is 10.1. The van der Waals surface area contributed by atoms with E-state index < -0.39 is 0 Å². The van der Waals surface area contributed by atoms with Crippen molar-refractivity contribution in [2.45, 2.75) is 26.2 Å². The van der Waals surface area contributed by atoms with Crippen LogP contribution in [0.3, 0.4) is 0 Å². The number of anilines is 1. The molecule has 0 atom stereocenters. The second-order valence-corrected chi connectivity index (χ2v) is 6.40. The SMILES string of the molecule is C1CC1.Cc1ccc2[nH]ccc2c1-c1ccc2nc(N)c(C=O)n2c1. The maximum absolute atomic E-state index is 11.2. The summed E-state index contributed by atoms with van der Waals surface area (Å²) in [6.07, 6.45) is 9.08. The van der Waals surface area contributed by atoms with Gasteiger partial charge in [-0.25, -0.2) is 4.98 Å². The molecular formula is C20H20N4O. The Bertz CT molecular complexity index is 1070. The summed E-state index contributed by atoms with van der Waals surface area (Å²) in [5.74, 6) is 0.253. The molecule has 3 aromatic heterocycles. The van der Waals surface area contributed by atoms with Gasteiger partial charge in [0.15, 0.2) is 12.1 Å². The highest BCUT2D eigenvalue weighted by Crippen LogP contribution is 2.32. The molecule has 25 heavy (non-hydrogen) atoms. The van der Waals surface area contributed by atoms with Gasteiger partial charge in [-0.05, 0) is 47.9 Å². The van der Waals surface area contributed by atoms with Crippen LogP contribution in [0.2, 0.25) is 0 Å². The molecule has 0 unspecified atom stereocenters. The van der Waals surface area contributed by atoms with Crippen LogP contribution in [0.1, 0.15) is 35.3 Å². The molecule has 1 fully saturated rings. The van der Waals surface area contributed by atoms with E-state index in [1.165, 1.54) is 24.8 Å². The molecule has 0 radical (unpaired) electrons. The summed E-state index contributed by atoms with van der Waals surface area (Å²) >= 11 is 0. The summed E-state index contributed by atoms with van der Waals surface area (Å²) in [6.45, 7) is 2.08. The lowest BCUT2D eigenvalue weighted by Gasteiger charge is -2.09. The van der Waals surface area contributed by atoms with Gasteiger partial charge >= 0.3 is 0 Å². The Balaban J connectivity index is 0.000000474. The summed E-state index contributed by atoms with van der Waals surface area (Å²) in [5, 5.41) is 1.15. The maximum atomic E-state index is 11.2. The Morgan fingerprint density at radius 1 is 1.16 bits per heavy atom. The lowest BCUT2D eigenvalue weighted by molar-refractivity contribution is 0.111. The summed E-state index contributed by atoms with van der Waals surface area (Å²) < 4.78 is 1.74. The molecule has 126 valence electrons. The quantitative estimate of drug-likeness (QED) is 0.536. The van der Waals surface area contributed by atoms with E-state index in [-0.39, 0.29) is 5.82 Å². The first-order chi connectivity index (χ1) is 12.2. The number of carbonyl (C=O) groups is 1. The summed E-state index contributed by atoms with van der Waals surface area (Å²) in [5.41, 5.74) is 11.3. The number of nitrogen functional groups attached to an aromatic ring is 1. The number of benzene rings is 1. The van der Waals surface area contributed by atoms with Gasteiger partial charge in [-0.15, -0.1) is 0 Å². The van der Waals surface area contributed by atoms with Crippen LogP contribution in [0.4, 0.5) is 5.82 Å². The fraction of sp³-hybridized carbons (Fsp3) is 0.200. The molecule has 0 aliphatic heterocycles. The van der Waals surface area contributed by atoms with Crippen molar-refractivity contribution in [1.82, 2.24) is 14.4 Å². The zero-order valence-electron chi connectivity index (χ0n) is 14.1. The predicted molar refractivity (Wildman–Crippen MR) is 101 cm³/mol. The van der Waals surface area contributed by atoms with Gasteiger partial charge in [-0.3, -0.25) is 9.20 Å². The van der Waals surface area contributed by atoms with Crippen LogP contribution in [-0.4, -0.2) is 20.7 Å². The Hall–Kier alpha value is -3.08. The number of aryl methyl sites for hydroxylation is 1. The average Bonchev–Trinajstić information content (AvgIpc) is 3.36. The molecule has 1 aliphatic rings. The maximum Gasteiger partial charge on any atom is 0.170 e. The van der Waals surface area contributed by atoms with Crippen molar-refractivity contribution < 1.29 is 4.79 Å². The van der Waals surface area contributed by atoms with E-state index in [0.717, 1.165) is 28.3 Å². The topological polar surface area (TPSA) is 76.2 Å². The van der Waals surface area contributed by atoms with Crippen molar-refractivity contribution in [1.29, 1.82) is 0 Å². The van der Waals surface area contributed by atoms with Gasteiger partial charge in [-0.2, -0.15) is 0 Å². The van der Waals surface area contributed by atoms with Crippen LogP contribution >= 0.6 is 0 Å². The minimum Gasteiger partial charge on any atom is -0.382 e. The van der Waals surface area contributed by atoms with Gasteiger partial charge in [0.05, 0.1) is 0 Å². The Morgan fingerprint density at radius 2 is 1.96 bits per heavy atom. The molecule has 5 heteroatoms. The number of rotatable bonds is 2. The number of fused-ring (bicyclic) bond motifs is 2. The van der Waals surface area contributed by atoms with E-state index >= 15 is 0 Å². The molecule has 0 spiro atoms. The van der Waals surface area contributed by atoms with E-state index in [9.17, 15) is 4.79 Å². The molecule has 5 nitrogen and oxygen atoms in total. The first-order valence-electron chi connectivity index (χ1n) is 8.49. The standard InChI is InChI=1S/C17H14N4O.C3H6/c1-10-2-4-13-12(6-7-19-13)16(10)11-3-5-15-20-17(18)14(9-22)21(15)8-11;1-2-3-1/h2-9,19H,18H2,1H3;1-3H2. The minimum atomic E-state index is 0.253. The second kappa shape index (κ2) is 6.09. The van der Waals surface area contributed by atoms with Crippen LogP contribution in [0, 0.1) is 6.92 Å². The number of H-pyrrole nitrogens is 1. The Kier molecular flexibility index (Phi) is 3.76. The zero-order valence-corrected chi connectivity index (χ0v) is 14.1. The average molecular weight is 332 g/mol.